The number of likely N-dealkylation sites (N-methyl/N-ethyl adjacent to an activating group) is 1. The molecule has 33 heavy (non-hydrogen) atoms. The summed E-state index contributed by atoms with van der Waals surface area (Å²) in [7, 11) is 8.40. The van der Waals surface area contributed by atoms with E-state index in [1.165, 1.54) is 0 Å². The summed E-state index contributed by atoms with van der Waals surface area (Å²) in [6, 6.07) is 10.7. The van der Waals surface area contributed by atoms with Crippen molar-refractivity contribution in [2.24, 2.45) is 4.99 Å². The van der Waals surface area contributed by atoms with E-state index in [2.05, 4.69) is 11.0 Å². The summed E-state index contributed by atoms with van der Waals surface area (Å²) in [6.45, 7) is 0.236. The van der Waals surface area contributed by atoms with Gasteiger partial charge in [-0.3, -0.25) is 9.79 Å². The van der Waals surface area contributed by atoms with Crippen molar-refractivity contribution in [3.05, 3.63) is 59.8 Å². The highest BCUT2D eigenvalue weighted by Gasteiger charge is 2.38. The minimum Gasteiger partial charge on any atom is -0.497 e. The second-order valence-corrected chi connectivity index (χ2v) is 7.77. The highest BCUT2D eigenvalue weighted by atomic mass is 16.5. The van der Waals surface area contributed by atoms with E-state index in [-0.39, 0.29) is 24.4 Å². The number of rotatable bonds is 8. The number of carbonyl (C=O) groups is 1. The first-order valence-electron chi connectivity index (χ1n) is 10.6. The van der Waals surface area contributed by atoms with Gasteiger partial charge in [0, 0.05) is 24.8 Å². The van der Waals surface area contributed by atoms with Crippen molar-refractivity contribution < 1.29 is 28.3 Å². The molecule has 0 fully saturated rings. The minimum absolute atomic E-state index is 0.0223. The highest BCUT2D eigenvalue weighted by molar-refractivity contribution is 6.04. The van der Waals surface area contributed by atoms with Gasteiger partial charge < -0.3 is 23.8 Å². The standard InChI is InChI=1S/C25H28N3O5/c1-27-20-10-11-28(15-21(29)16-6-8-17(30-2)9-7-16)14-19(20)26-25(27)18-12-23(32-4)24(33-5)13-22(18)31-3/h6-14,19-20H,15H2,1-5H3/q+1. The van der Waals surface area contributed by atoms with Gasteiger partial charge >= 0.3 is 0 Å². The molecule has 0 N–H and O–H groups in total. The van der Waals surface area contributed by atoms with E-state index < -0.39 is 0 Å². The Morgan fingerprint density at radius 2 is 1.64 bits per heavy atom. The van der Waals surface area contributed by atoms with Crippen molar-refractivity contribution in [2.45, 2.75) is 12.1 Å². The van der Waals surface area contributed by atoms with E-state index in [1.807, 2.05) is 30.1 Å². The summed E-state index contributed by atoms with van der Waals surface area (Å²) < 4.78 is 23.5. The van der Waals surface area contributed by atoms with Crippen LogP contribution in [-0.4, -0.2) is 81.4 Å². The number of fused-ring (bicyclic) bond motifs is 1. The van der Waals surface area contributed by atoms with Gasteiger partial charge in [-0.1, -0.05) is 0 Å². The van der Waals surface area contributed by atoms with E-state index in [0.717, 1.165) is 17.1 Å². The molecule has 4 rings (SSSR count). The second kappa shape index (κ2) is 9.36. The molecule has 8 nitrogen and oxygen atoms in total. The number of benzene rings is 2. The molecule has 0 spiro atoms. The van der Waals surface area contributed by atoms with Gasteiger partial charge in [-0.15, -0.1) is 0 Å². The number of ketones is 1. The Bertz CT molecular complexity index is 1140. The summed E-state index contributed by atoms with van der Waals surface area (Å²) in [4.78, 5) is 19.8. The quantitative estimate of drug-likeness (QED) is 0.455. The van der Waals surface area contributed by atoms with E-state index >= 15 is 0 Å². The van der Waals surface area contributed by atoms with Gasteiger partial charge in [0.1, 0.15) is 17.3 Å². The molecule has 2 aromatic carbocycles. The molecule has 2 unspecified atom stereocenters. The van der Waals surface area contributed by atoms with Crippen LogP contribution in [0.25, 0.3) is 0 Å². The molecule has 2 aromatic rings. The fourth-order valence-electron chi connectivity index (χ4n) is 4.09. The van der Waals surface area contributed by atoms with Crippen LogP contribution < -0.4 is 18.9 Å². The number of nitrogens with zero attached hydrogens (tertiary/aromatic N) is 3. The maximum atomic E-state index is 12.7. The van der Waals surface area contributed by atoms with Crippen LogP contribution in [0, 0.1) is 0 Å². The Balaban J connectivity index is 1.59. The molecule has 2 aliphatic rings. The summed E-state index contributed by atoms with van der Waals surface area (Å²) in [5.41, 5.74) is 1.46. The zero-order chi connectivity index (χ0) is 23.5. The van der Waals surface area contributed by atoms with Gasteiger partial charge in [-0.05, 0) is 30.3 Å². The Labute approximate surface area is 193 Å². The van der Waals surface area contributed by atoms with Crippen LogP contribution in [0.15, 0.2) is 53.7 Å². The molecule has 0 radical (unpaired) electrons. The molecule has 172 valence electrons. The maximum absolute atomic E-state index is 12.7. The molecular formula is C25H28N3O5+. The normalized spacial score (nSPS) is 18.9. The van der Waals surface area contributed by atoms with Crippen LogP contribution >= 0.6 is 0 Å². The maximum Gasteiger partial charge on any atom is 0.227 e. The van der Waals surface area contributed by atoms with Crippen LogP contribution in [0.4, 0.5) is 0 Å². The Hall–Kier alpha value is -3.81. The molecule has 0 amide bonds. The second-order valence-electron chi connectivity index (χ2n) is 7.77. The number of methoxy groups -OCH3 is 4. The largest absolute Gasteiger partial charge is 0.497 e. The van der Waals surface area contributed by atoms with Gasteiger partial charge in [-0.2, -0.15) is 4.58 Å². The zero-order valence-electron chi connectivity index (χ0n) is 19.4. The predicted octanol–water partition coefficient (Wildman–Crippen LogP) is 2.64. The summed E-state index contributed by atoms with van der Waals surface area (Å²) in [5, 5.41) is 0. The van der Waals surface area contributed by atoms with Crippen molar-refractivity contribution in [2.75, 3.05) is 42.0 Å². The van der Waals surface area contributed by atoms with Crippen molar-refractivity contribution in [3.8, 4) is 23.0 Å². The molecule has 2 aliphatic heterocycles. The first-order chi connectivity index (χ1) is 16.0. The minimum atomic E-state index is -0.128. The van der Waals surface area contributed by atoms with Crippen LogP contribution in [0.1, 0.15) is 15.9 Å². The number of hydrogen-bond donors (Lipinski definition) is 0. The van der Waals surface area contributed by atoms with Crippen LogP contribution in [0.5, 0.6) is 23.0 Å². The SMILES string of the molecule is COc1ccc(C(=O)C[N+]2=CC3N=C(c4cc(OC)c(OC)cc4OC)N(C)C3C=C2)cc1. The fourth-order valence-corrected chi connectivity index (χ4v) is 4.09. The number of amidine groups is 1. The molecule has 0 bridgehead atoms. The third-order valence-electron chi connectivity index (χ3n) is 5.91. The van der Waals surface area contributed by atoms with Crippen LogP contribution in [0.3, 0.4) is 0 Å². The number of aliphatic imine (C=N–C) groups is 1. The summed E-state index contributed by atoms with van der Waals surface area (Å²) >= 11 is 0. The molecule has 0 saturated heterocycles. The van der Waals surface area contributed by atoms with E-state index in [1.54, 1.807) is 58.8 Å². The fraction of sp³-hybridized carbons (Fsp3) is 0.320. The van der Waals surface area contributed by atoms with Crippen LogP contribution in [0.2, 0.25) is 0 Å². The third kappa shape index (κ3) is 4.28. The van der Waals surface area contributed by atoms with Gasteiger partial charge in [0.15, 0.2) is 30.0 Å². The average molecular weight is 451 g/mol. The molecule has 2 heterocycles. The Kier molecular flexibility index (Phi) is 6.35. The number of hydrogen-bond acceptors (Lipinski definition) is 7. The van der Waals surface area contributed by atoms with Crippen molar-refractivity contribution >= 4 is 17.8 Å². The Morgan fingerprint density at radius 1 is 0.970 bits per heavy atom. The lowest BCUT2D eigenvalue weighted by Crippen LogP contribution is -2.40. The van der Waals surface area contributed by atoms with Crippen molar-refractivity contribution in [3.63, 3.8) is 0 Å². The lowest BCUT2D eigenvalue weighted by atomic mass is 10.1. The molecule has 0 aromatic heterocycles. The number of ether oxygens (including phenoxy) is 4. The zero-order valence-corrected chi connectivity index (χ0v) is 19.4. The Morgan fingerprint density at radius 3 is 2.27 bits per heavy atom. The lowest BCUT2D eigenvalue weighted by molar-refractivity contribution is -0.440. The van der Waals surface area contributed by atoms with E-state index in [4.69, 9.17) is 23.9 Å². The van der Waals surface area contributed by atoms with Crippen molar-refractivity contribution in [1.82, 2.24) is 4.90 Å². The van der Waals surface area contributed by atoms with Gasteiger partial charge in [0.25, 0.3) is 0 Å². The lowest BCUT2D eigenvalue weighted by Gasteiger charge is -2.24. The topological polar surface area (TPSA) is 72.6 Å². The molecule has 8 heteroatoms. The summed E-state index contributed by atoms with van der Waals surface area (Å²) in [5.74, 6) is 3.37. The first-order valence-corrected chi connectivity index (χ1v) is 10.6. The third-order valence-corrected chi connectivity index (χ3v) is 5.91. The number of carbonyl (C=O) groups excluding carboxylic acids is 1. The monoisotopic (exact) mass is 450 g/mol. The first kappa shape index (κ1) is 22.4. The number of Topliss-reactive ketones (excluding diaryl/α,β-unsaturated/α-hetero) is 1. The average Bonchev–Trinajstić information content (AvgIpc) is 3.18. The molecule has 2 atom stereocenters. The van der Waals surface area contributed by atoms with Gasteiger partial charge in [0.2, 0.25) is 12.3 Å². The van der Waals surface area contributed by atoms with E-state index in [0.29, 0.717) is 22.8 Å². The van der Waals surface area contributed by atoms with Gasteiger partial charge in [0.05, 0.1) is 40.0 Å². The smallest absolute Gasteiger partial charge is 0.227 e. The van der Waals surface area contributed by atoms with Crippen molar-refractivity contribution in [1.29, 1.82) is 0 Å². The van der Waals surface area contributed by atoms with E-state index in [9.17, 15) is 4.79 Å². The highest BCUT2D eigenvalue weighted by Crippen LogP contribution is 2.37. The van der Waals surface area contributed by atoms with Crippen LogP contribution in [-0.2, 0) is 0 Å². The molecular weight excluding hydrogens is 422 g/mol. The molecule has 0 saturated carbocycles. The predicted molar refractivity (Wildman–Crippen MR) is 126 cm³/mol. The summed E-state index contributed by atoms with van der Waals surface area (Å²) in [6.07, 6.45) is 5.99. The van der Waals surface area contributed by atoms with Gasteiger partial charge in [-0.25, -0.2) is 0 Å². The molecule has 0 aliphatic carbocycles.